The van der Waals surface area contributed by atoms with Crippen molar-refractivity contribution in [2.45, 2.75) is 11.0 Å². The van der Waals surface area contributed by atoms with E-state index in [1.54, 1.807) is 24.3 Å². The number of anilines is 1. The minimum Gasteiger partial charge on any atom is -0.486 e. The summed E-state index contributed by atoms with van der Waals surface area (Å²) in [5, 5.41) is 3.28. The molecule has 0 bridgehead atoms. The number of amides is 1. The fraction of sp³-hybridized carbons (Fsp3) is 0.174. The molecule has 3 aromatic rings. The lowest BCUT2D eigenvalue weighted by atomic mass is 10.2. The third-order valence-electron chi connectivity index (χ3n) is 5.02. The summed E-state index contributed by atoms with van der Waals surface area (Å²) in [6.45, 7) is 0.614. The predicted molar refractivity (Wildman–Crippen MR) is 122 cm³/mol. The number of carbonyl (C=O) groups is 1. The molecule has 166 valence electrons. The molecule has 0 spiro atoms. The summed E-state index contributed by atoms with van der Waals surface area (Å²) in [6, 6.07) is 19.6. The van der Waals surface area contributed by atoms with E-state index in [4.69, 9.17) is 21.1 Å². The van der Waals surface area contributed by atoms with E-state index < -0.39 is 10.0 Å². The van der Waals surface area contributed by atoms with E-state index in [1.165, 1.54) is 31.3 Å². The quantitative estimate of drug-likeness (QED) is 0.590. The van der Waals surface area contributed by atoms with E-state index in [1.807, 2.05) is 24.3 Å². The number of rotatable bonds is 6. The summed E-state index contributed by atoms with van der Waals surface area (Å²) >= 11 is 5.84. The zero-order chi connectivity index (χ0) is 22.7. The number of halogens is 1. The van der Waals surface area contributed by atoms with Crippen molar-refractivity contribution >= 4 is 33.2 Å². The van der Waals surface area contributed by atoms with Gasteiger partial charge in [-0.15, -0.1) is 0 Å². The van der Waals surface area contributed by atoms with Crippen LogP contribution in [0.5, 0.6) is 11.5 Å². The zero-order valence-electron chi connectivity index (χ0n) is 17.2. The van der Waals surface area contributed by atoms with E-state index in [9.17, 15) is 13.2 Å². The second-order valence-electron chi connectivity index (χ2n) is 7.18. The molecule has 0 aromatic heterocycles. The molecule has 0 fully saturated rings. The van der Waals surface area contributed by atoms with Gasteiger partial charge in [-0.2, -0.15) is 0 Å². The first-order valence-corrected chi connectivity index (χ1v) is 11.7. The number of para-hydroxylation sites is 2. The first-order chi connectivity index (χ1) is 15.3. The Bertz CT molecular complexity index is 1210. The molecule has 0 saturated heterocycles. The van der Waals surface area contributed by atoms with E-state index in [0.29, 0.717) is 34.4 Å². The number of nitrogens with one attached hydrogen (secondary N) is 1. The maximum atomic E-state index is 12.8. The topological polar surface area (TPSA) is 84.9 Å². The number of fused-ring (bicyclic) bond motifs is 1. The highest BCUT2D eigenvalue weighted by Gasteiger charge is 2.23. The molecule has 1 aliphatic heterocycles. The van der Waals surface area contributed by atoms with Crippen molar-refractivity contribution in [3.05, 3.63) is 83.4 Å². The molecule has 1 N–H and O–H groups in total. The Morgan fingerprint density at radius 2 is 1.69 bits per heavy atom. The van der Waals surface area contributed by atoms with Gasteiger partial charge < -0.3 is 14.8 Å². The number of hydrogen-bond donors (Lipinski definition) is 1. The summed E-state index contributed by atoms with van der Waals surface area (Å²) in [7, 11) is -2.29. The molecular formula is C23H21ClN2O5S. The second-order valence-corrected chi connectivity index (χ2v) is 9.59. The van der Waals surface area contributed by atoms with Gasteiger partial charge in [0.25, 0.3) is 15.9 Å². The number of hydrogen-bond acceptors (Lipinski definition) is 5. The van der Waals surface area contributed by atoms with Gasteiger partial charge in [0.05, 0.1) is 17.1 Å². The molecule has 1 amide bonds. The normalized spacial score (nSPS) is 15.1. The zero-order valence-corrected chi connectivity index (χ0v) is 18.8. The Hall–Kier alpha value is -3.23. The maximum absolute atomic E-state index is 12.8. The van der Waals surface area contributed by atoms with Gasteiger partial charge in [0.2, 0.25) is 0 Å². The first kappa shape index (κ1) is 22.0. The smallest absolute Gasteiger partial charge is 0.264 e. The number of sulfonamides is 1. The number of ether oxygens (including phenoxy) is 2. The average Bonchev–Trinajstić information content (AvgIpc) is 2.82. The summed E-state index contributed by atoms with van der Waals surface area (Å²) < 4.78 is 38.2. The number of nitrogens with zero attached hydrogens (tertiary/aromatic N) is 1. The van der Waals surface area contributed by atoms with Crippen molar-refractivity contribution in [1.29, 1.82) is 0 Å². The third kappa shape index (κ3) is 4.66. The lowest BCUT2D eigenvalue weighted by Crippen LogP contribution is -2.40. The summed E-state index contributed by atoms with van der Waals surface area (Å²) in [5.41, 5.74) is 0.834. The first-order valence-electron chi connectivity index (χ1n) is 9.86. The van der Waals surface area contributed by atoms with Gasteiger partial charge in [0.15, 0.2) is 11.5 Å². The molecule has 0 saturated carbocycles. The van der Waals surface area contributed by atoms with Crippen molar-refractivity contribution in [2.24, 2.45) is 0 Å². The van der Waals surface area contributed by atoms with Gasteiger partial charge in [-0.25, -0.2) is 8.42 Å². The molecule has 7 nitrogen and oxygen atoms in total. The van der Waals surface area contributed by atoms with Crippen LogP contribution in [0.3, 0.4) is 0 Å². The number of benzene rings is 3. The van der Waals surface area contributed by atoms with Gasteiger partial charge in [-0.3, -0.25) is 9.10 Å². The fourth-order valence-corrected chi connectivity index (χ4v) is 4.52. The van der Waals surface area contributed by atoms with Gasteiger partial charge in [-0.1, -0.05) is 23.7 Å². The van der Waals surface area contributed by atoms with E-state index in [2.05, 4.69) is 5.32 Å². The standard InChI is InChI=1S/C23H21ClN2O5S/c1-26(32(28,29)20-12-8-17(24)9-13-20)18-10-6-16(7-11-18)23(27)25-14-19-15-30-21-4-2-3-5-22(21)31-19/h2-13,19H,14-15H2,1H3,(H,25,27)/t19-/m1/s1. The SMILES string of the molecule is CN(c1ccc(C(=O)NC[C@@H]2COc3ccccc3O2)cc1)S(=O)(=O)c1ccc(Cl)cc1. The molecule has 1 heterocycles. The Labute approximate surface area is 191 Å². The van der Waals surface area contributed by atoms with E-state index in [0.717, 1.165) is 4.31 Å². The Morgan fingerprint density at radius 3 is 2.38 bits per heavy atom. The Balaban J connectivity index is 1.38. The fourth-order valence-electron chi connectivity index (χ4n) is 3.20. The Kier molecular flexibility index (Phi) is 6.25. The molecule has 0 unspecified atom stereocenters. The highest BCUT2D eigenvalue weighted by atomic mass is 35.5. The summed E-state index contributed by atoms with van der Waals surface area (Å²) in [4.78, 5) is 12.6. The van der Waals surface area contributed by atoms with E-state index >= 15 is 0 Å². The van der Waals surface area contributed by atoms with Crippen LogP contribution in [0, 0.1) is 0 Å². The van der Waals surface area contributed by atoms with Gasteiger partial charge in [-0.05, 0) is 60.7 Å². The molecule has 1 atom stereocenters. The monoisotopic (exact) mass is 472 g/mol. The third-order valence-corrected chi connectivity index (χ3v) is 7.07. The van der Waals surface area contributed by atoms with Crippen molar-refractivity contribution in [3.63, 3.8) is 0 Å². The maximum Gasteiger partial charge on any atom is 0.264 e. The van der Waals surface area contributed by atoms with Crippen molar-refractivity contribution in [3.8, 4) is 11.5 Å². The van der Waals surface area contributed by atoms with E-state index in [-0.39, 0.29) is 23.5 Å². The second kappa shape index (κ2) is 9.10. The largest absolute Gasteiger partial charge is 0.486 e. The molecule has 1 aliphatic rings. The highest BCUT2D eigenvalue weighted by molar-refractivity contribution is 7.92. The van der Waals surface area contributed by atoms with Crippen LogP contribution in [0.1, 0.15) is 10.4 Å². The lowest BCUT2D eigenvalue weighted by Gasteiger charge is -2.26. The minimum atomic E-state index is -3.75. The molecule has 9 heteroatoms. The molecule has 3 aromatic carbocycles. The van der Waals surface area contributed by atoms with Crippen molar-refractivity contribution in [1.82, 2.24) is 5.32 Å². The van der Waals surface area contributed by atoms with Crippen LogP contribution in [-0.4, -0.2) is 40.6 Å². The lowest BCUT2D eigenvalue weighted by molar-refractivity contribution is 0.0789. The molecule has 0 aliphatic carbocycles. The molecular weight excluding hydrogens is 452 g/mol. The molecule has 4 rings (SSSR count). The highest BCUT2D eigenvalue weighted by Crippen LogP contribution is 2.30. The molecule has 32 heavy (non-hydrogen) atoms. The van der Waals surface area contributed by atoms with Crippen LogP contribution < -0.4 is 19.1 Å². The predicted octanol–water partition coefficient (Wildman–Crippen LogP) is 3.73. The van der Waals surface area contributed by atoms with Crippen molar-refractivity contribution < 1.29 is 22.7 Å². The number of carbonyl (C=O) groups excluding carboxylic acids is 1. The van der Waals surface area contributed by atoms with Crippen LogP contribution in [0.2, 0.25) is 5.02 Å². The van der Waals surface area contributed by atoms with Crippen molar-refractivity contribution in [2.75, 3.05) is 24.5 Å². The van der Waals surface area contributed by atoms with Crippen LogP contribution in [0.4, 0.5) is 5.69 Å². The summed E-state index contributed by atoms with van der Waals surface area (Å²) in [5.74, 6) is 1.04. The van der Waals surface area contributed by atoms with Gasteiger partial charge in [0, 0.05) is 17.6 Å². The van der Waals surface area contributed by atoms with Crippen LogP contribution in [-0.2, 0) is 10.0 Å². The average molecular weight is 473 g/mol. The summed E-state index contributed by atoms with van der Waals surface area (Å²) in [6.07, 6.45) is -0.302. The van der Waals surface area contributed by atoms with Crippen LogP contribution in [0.15, 0.2) is 77.7 Å². The van der Waals surface area contributed by atoms with Crippen LogP contribution in [0.25, 0.3) is 0 Å². The molecule has 0 radical (unpaired) electrons. The van der Waals surface area contributed by atoms with Gasteiger partial charge >= 0.3 is 0 Å². The van der Waals surface area contributed by atoms with Gasteiger partial charge in [0.1, 0.15) is 12.7 Å². The van der Waals surface area contributed by atoms with Crippen LogP contribution >= 0.6 is 11.6 Å². The Morgan fingerprint density at radius 1 is 1.03 bits per heavy atom. The minimum absolute atomic E-state index is 0.127.